The van der Waals surface area contributed by atoms with E-state index in [1.54, 1.807) is 7.11 Å². The lowest BCUT2D eigenvalue weighted by Gasteiger charge is -2.13. The fourth-order valence-corrected chi connectivity index (χ4v) is 3.36. The van der Waals surface area contributed by atoms with Crippen LogP contribution in [-0.2, 0) is 0 Å². The van der Waals surface area contributed by atoms with Crippen molar-refractivity contribution in [3.8, 4) is 5.75 Å². The summed E-state index contributed by atoms with van der Waals surface area (Å²) in [6.07, 6.45) is 1.19. The number of thioether (sulfide) groups is 1. The Labute approximate surface area is 95.4 Å². The Morgan fingerprint density at radius 1 is 1.53 bits per heavy atom. The zero-order chi connectivity index (χ0) is 10.7. The van der Waals surface area contributed by atoms with Gasteiger partial charge in [0.05, 0.1) is 7.11 Å². The molecule has 1 aromatic rings. The van der Waals surface area contributed by atoms with Crippen molar-refractivity contribution >= 4 is 11.8 Å². The lowest BCUT2D eigenvalue weighted by molar-refractivity contribution is 0.404. The fourth-order valence-electron chi connectivity index (χ4n) is 2.05. The van der Waals surface area contributed by atoms with Crippen LogP contribution in [-0.4, -0.2) is 26.5 Å². The highest BCUT2D eigenvalue weighted by Gasteiger charge is 2.25. The fraction of sp³-hybridized carbons (Fsp3) is 0.500. The Hall–Kier alpha value is -0.670. The highest BCUT2D eigenvalue weighted by Crippen LogP contribution is 2.45. The van der Waals surface area contributed by atoms with E-state index < -0.39 is 0 Å². The smallest absolute Gasteiger partial charge is 0.123 e. The zero-order valence-corrected chi connectivity index (χ0v) is 10.1. The van der Waals surface area contributed by atoms with Crippen LogP contribution in [0.2, 0.25) is 0 Å². The van der Waals surface area contributed by atoms with Gasteiger partial charge in [0.25, 0.3) is 0 Å². The van der Waals surface area contributed by atoms with Crippen LogP contribution in [0, 0.1) is 0 Å². The molecule has 2 rings (SSSR count). The normalized spacial score (nSPS) is 18.9. The number of hydrogen-bond acceptors (Lipinski definition) is 3. The number of fused-ring (bicyclic) bond motifs is 1. The second kappa shape index (κ2) is 4.90. The number of methoxy groups -OCH3 is 1. The molecule has 1 unspecified atom stereocenters. The molecule has 1 heterocycles. The van der Waals surface area contributed by atoms with Crippen molar-refractivity contribution in [2.24, 2.45) is 0 Å². The molecule has 0 amide bonds. The Balaban J connectivity index is 2.23. The van der Waals surface area contributed by atoms with E-state index in [0.29, 0.717) is 5.92 Å². The molecular formula is C12H17NOS. The second-order valence-electron chi connectivity index (χ2n) is 3.77. The molecule has 2 nitrogen and oxygen atoms in total. The van der Waals surface area contributed by atoms with Crippen molar-refractivity contribution in [2.75, 3.05) is 26.5 Å². The summed E-state index contributed by atoms with van der Waals surface area (Å²) in [5.41, 5.74) is 1.42. The molecule has 3 heteroatoms. The van der Waals surface area contributed by atoms with E-state index in [-0.39, 0.29) is 0 Å². The Kier molecular flexibility index (Phi) is 3.54. The minimum absolute atomic E-state index is 0.647. The monoisotopic (exact) mass is 223 g/mol. The van der Waals surface area contributed by atoms with Crippen molar-refractivity contribution in [3.63, 3.8) is 0 Å². The molecule has 1 N–H and O–H groups in total. The SMILES string of the molecule is CNCCC1CSc2cccc(OC)c21. The topological polar surface area (TPSA) is 21.3 Å². The number of hydrogen-bond donors (Lipinski definition) is 1. The lowest BCUT2D eigenvalue weighted by atomic mass is 9.97. The van der Waals surface area contributed by atoms with Crippen molar-refractivity contribution < 1.29 is 4.74 Å². The molecule has 0 bridgehead atoms. The van der Waals surface area contributed by atoms with Gasteiger partial charge in [-0.2, -0.15) is 0 Å². The first-order valence-electron chi connectivity index (χ1n) is 5.31. The average Bonchev–Trinajstić information content (AvgIpc) is 2.69. The van der Waals surface area contributed by atoms with Crippen molar-refractivity contribution in [1.82, 2.24) is 5.32 Å². The highest BCUT2D eigenvalue weighted by molar-refractivity contribution is 7.99. The van der Waals surface area contributed by atoms with Crippen LogP contribution < -0.4 is 10.1 Å². The molecule has 1 aromatic carbocycles. The molecule has 0 aromatic heterocycles. The molecule has 0 radical (unpaired) electrons. The van der Waals surface area contributed by atoms with Crippen molar-refractivity contribution in [2.45, 2.75) is 17.2 Å². The molecule has 15 heavy (non-hydrogen) atoms. The first-order chi connectivity index (χ1) is 7.36. The third kappa shape index (κ3) is 2.13. The van der Waals surface area contributed by atoms with E-state index >= 15 is 0 Å². The predicted octanol–water partition coefficient (Wildman–Crippen LogP) is 2.49. The third-order valence-electron chi connectivity index (χ3n) is 2.84. The first-order valence-corrected chi connectivity index (χ1v) is 6.29. The van der Waals surface area contributed by atoms with E-state index in [1.807, 2.05) is 18.8 Å². The highest BCUT2D eigenvalue weighted by atomic mass is 32.2. The standard InChI is InChI=1S/C12H17NOS/c1-13-7-6-9-8-15-11-5-3-4-10(14-2)12(9)11/h3-5,9,13H,6-8H2,1-2H3. The van der Waals surface area contributed by atoms with Gasteiger partial charge in [0.15, 0.2) is 0 Å². The summed E-state index contributed by atoms with van der Waals surface area (Å²) in [6.45, 7) is 1.07. The minimum atomic E-state index is 0.647. The molecule has 82 valence electrons. The maximum absolute atomic E-state index is 5.43. The van der Waals surface area contributed by atoms with Gasteiger partial charge >= 0.3 is 0 Å². The molecule has 0 fully saturated rings. The van der Waals surface area contributed by atoms with E-state index in [0.717, 1.165) is 12.3 Å². The summed E-state index contributed by atoms with van der Waals surface area (Å²) in [6, 6.07) is 6.34. The largest absolute Gasteiger partial charge is 0.496 e. The molecule has 1 aliphatic rings. The summed E-state index contributed by atoms with van der Waals surface area (Å²) < 4.78 is 5.43. The molecule has 1 atom stereocenters. The van der Waals surface area contributed by atoms with E-state index in [9.17, 15) is 0 Å². The summed E-state index contributed by atoms with van der Waals surface area (Å²) in [5.74, 6) is 2.89. The summed E-state index contributed by atoms with van der Waals surface area (Å²) in [7, 11) is 3.76. The summed E-state index contributed by atoms with van der Waals surface area (Å²) >= 11 is 1.95. The van der Waals surface area contributed by atoms with Crippen molar-refractivity contribution in [3.05, 3.63) is 23.8 Å². The number of benzene rings is 1. The van der Waals surface area contributed by atoms with Gasteiger partial charge in [-0.3, -0.25) is 0 Å². The summed E-state index contributed by atoms with van der Waals surface area (Å²) in [4.78, 5) is 1.40. The van der Waals surface area contributed by atoms with Crippen LogP contribution >= 0.6 is 11.8 Å². The van der Waals surface area contributed by atoms with Gasteiger partial charge in [0.2, 0.25) is 0 Å². The van der Waals surface area contributed by atoms with Gasteiger partial charge < -0.3 is 10.1 Å². The van der Waals surface area contributed by atoms with Gasteiger partial charge in [0.1, 0.15) is 5.75 Å². The quantitative estimate of drug-likeness (QED) is 0.847. The Morgan fingerprint density at radius 3 is 3.13 bits per heavy atom. The van der Waals surface area contributed by atoms with Gasteiger partial charge in [-0.1, -0.05) is 6.07 Å². The van der Waals surface area contributed by atoms with Crippen molar-refractivity contribution in [1.29, 1.82) is 0 Å². The maximum Gasteiger partial charge on any atom is 0.123 e. The van der Waals surface area contributed by atoms with E-state index in [2.05, 4.69) is 23.5 Å². The average molecular weight is 223 g/mol. The molecule has 0 aliphatic carbocycles. The molecule has 0 saturated carbocycles. The van der Waals surface area contributed by atoms with E-state index in [4.69, 9.17) is 4.74 Å². The van der Waals surface area contributed by atoms with Crippen LogP contribution in [0.25, 0.3) is 0 Å². The molecule has 0 spiro atoms. The third-order valence-corrected chi connectivity index (χ3v) is 4.07. The van der Waals surface area contributed by atoms with Gasteiger partial charge in [-0.05, 0) is 38.1 Å². The zero-order valence-electron chi connectivity index (χ0n) is 9.25. The summed E-state index contributed by atoms with van der Waals surface area (Å²) in [5, 5.41) is 3.21. The van der Waals surface area contributed by atoms with Crippen LogP contribution in [0.3, 0.4) is 0 Å². The van der Waals surface area contributed by atoms with Crippen LogP contribution in [0.15, 0.2) is 23.1 Å². The van der Waals surface area contributed by atoms with Gasteiger partial charge in [-0.15, -0.1) is 11.8 Å². The molecule has 0 saturated heterocycles. The number of ether oxygens (including phenoxy) is 1. The maximum atomic E-state index is 5.43. The predicted molar refractivity (Wildman–Crippen MR) is 65.0 cm³/mol. The van der Waals surface area contributed by atoms with Gasteiger partial charge in [0, 0.05) is 16.2 Å². The Morgan fingerprint density at radius 2 is 2.40 bits per heavy atom. The second-order valence-corrected chi connectivity index (χ2v) is 4.83. The lowest BCUT2D eigenvalue weighted by Crippen LogP contribution is -2.12. The molecular weight excluding hydrogens is 206 g/mol. The minimum Gasteiger partial charge on any atom is -0.496 e. The number of nitrogens with one attached hydrogen (secondary N) is 1. The van der Waals surface area contributed by atoms with Gasteiger partial charge in [-0.25, -0.2) is 0 Å². The Bertz CT molecular complexity index is 340. The molecule has 1 aliphatic heterocycles. The first kappa shape index (κ1) is 10.8. The van der Waals surface area contributed by atoms with Crippen LogP contribution in [0.5, 0.6) is 5.75 Å². The number of rotatable bonds is 4. The van der Waals surface area contributed by atoms with Crippen LogP contribution in [0.1, 0.15) is 17.9 Å². The van der Waals surface area contributed by atoms with E-state index in [1.165, 1.54) is 22.6 Å². The van der Waals surface area contributed by atoms with Crippen LogP contribution in [0.4, 0.5) is 0 Å².